The van der Waals surface area contributed by atoms with Gasteiger partial charge in [0.2, 0.25) is 11.9 Å². The van der Waals surface area contributed by atoms with Gasteiger partial charge in [-0.3, -0.25) is 9.78 Å². The van der Waals surface area contributed by atoms with Crippen molar-refractivity contribution in [2.45, 2.75) is 38.8 Å². The standard InChI is InChI=1S/C34H38FN9O2/c1-20(2)28-18-39-44-31(28)41-33(37-17-24-12-14-43(4)19-29(24)45)42-34(44)38-16-23-7-5-6-8-26(23)30-27-10-9-25(40-32(46)21(3)35)15-22(27)11-13-36-30/h5-11,13,15,18,20,24,29,45H,3,12,14,16-17,19H2,1-2,4H3,(H,40,46)(H2,37,38,41,42). The first-order chi connectivity index (χ1) is 22.2. The van der Waals surface area contributed by atoms with Gasteiger partial charge in [-0.15, -0.1) is 0 Å². The fraction of sp³-hybridized carbons (Fsp3) is 0.324. The van der Waals surface area contributed by atoms with Gasteiger partial charge < -0.3 is 26.0 Å². The third-order valence-corrected chi connectivity index (χ3v) is 8.44. The van der Waals surface area contributed by atoms with Crippen LogP contribution >= 0.6 is 0 Å². The highest BCUT2D eigenvalue weighted by Crippen LogP contribution is 2.31. The summed E-state index contributed by atoms with van der Waals surface area (Å²) in [4.78, 5) is 28.3. The lowest BCUT2D eigenvalue weighted by Gasteiger charge is -2.33. The average molecular weight is 624 g/mol. The van der Waals surface area contributed by atoms with Crippen LogP contribution in [0.2, 0.25) is 0 Å². The zero-order valence-corrected chi connectivity index (χ0v) is 26.2. The zero-order valence-electron chi connectivity index (χ0n) is 26.2. The molecule has 3 aromatic heterocycles. The summed E-state index contributed by atoms with van der Waals surface area (Å²) in [6.07, 6.45) is 4.03. The maximum absolute atomic E-state index is 13.3. The van der Waals surface area contributed by atoms with E-state index in [2.05, 4.69) is 46.4 Å². The van der Waals surface area contributed by atoms with Gasteiger partial charge in [0.15, 0.2) is 11.5 Å². The van der Waals surface area contributed by atoms with Crippen LogP contribution in [0.1, 0.15) is 37.3 Å². The quantitative estimate of drug-likeness (QED) is 0.155. The number of anilines is 3. The Bertz CT molecular complexity index is 1910. The highest BCUT2D eigenvalue weighted by Gasteiger charge is 2.26. The lowest BCUT2D eigenvalue weighted by molar-refractivity contribution is -0.114. The van der Waals surface area contributed by atoms with Gasteiger partial charge in [-0.25, -0.2) is 4.39 Å². The number of carbonyl (C=O) groups excluding carboxylic acids is 1. The molecule has 0 radical (unpaired) electrons. The van der Waals surface area contributed by atoms with Crippen molar-refractivity contribution in [2.75, 3.05) is 42.6 Å². The van der Waals surface area contributed by atoms with Gasteiger partial charge in [-0.05, 0) is 55.1 Å². The molecule has 0 spiro atoms. The summed E-state index contributed by atoms with van der Waals surface area (Å²) in [6.45, 7) is 9.86. The van der Waals surface area contributed by atoms with Crippen molar-refractivity contribution in [3.63, 3.8) is 0 Å². The number of carbonyl (C=O) groups is 1. The molecule has 4 N–H and O–H groups in total. The van der Waals surface area contributed by atoms with Crippen LogP contribution in [-0.2, 0) is 11.3 Å². The Morgan fingerprint density at radius 1 is 1.15 bits per heavy atom. The van der Waals surface area contributed by atoms with Gasteiger partial charge in [-0.1, -0.05) is 50.8 Å². The summed E-state index contributed by atoms with van der Waals surface area (Å²) >= 11 is 0. The highest BCUT2D eigenvalue weighted by atomic mass is 19.1. The van der Waals surface area contributed by atoms with E-state index < -0.39 is 17.8 Å². The Morgan fingerprint density at radius 3 is 2.76 bits per heavy atom. The fourth-order valence-corrected chi connectivity index (χ4v) is 5.84. The average Bonchev–Trinajstić information content (AvgIpc) is 3.47. The third-order valence-electron chi connectivity index (χ3n) is 8.44. The van der Waals surface area contributed by atoms with Crippen molar-refractivity contribution in [3.05, 3.63) is 84.5 Å². The molecule has 0 saturated carbocycles. The fourth-order valence-electron chi connectivity index (χ4n) is 5.84. The van der Waals surface area contributed by atoms with Crippen LogP contribution in [0.4, 0.5) is 22.0 Å². The lowest BCUT2D eigenvalue weighted by atomic mass is 9.94. The van der Waals surface area contributed by atoms with E-state index in [1.165, 1.54) is 0 Å². The summed E-state index contributed by atoms with van der Waals surface area (Å²) in [5.74, 6) is -0.582. The molecule has 0 aliphatic carbocycles. The summed E-state index contributed by atoms with van der Waals surface area (Å²) in [5, 5.41) is 26.3. The number of amides is 1. The van der Waals surface area contributed by atoms with E-state index in [1.807, 2.05) is 49.6 Å². The summed E-state index contributed by atoms with van der Waals surface area (Å²) < 4.78 is 15.0. The normalized spacial score (nSPS) is 17.0. The second kappa shape index (κ2) is 13.2. The van der Waals surface area contributed by atoms with Crippen LogP contribution in [0.15, 0.2) is 73.3 Å². The van der Waals surface area contributed by atoms with Crippen LogP contribution in [0.5, 0.6) is 0 Å². The van der Waals surface area contributed by atoms with E-state index in [4.69, 9.17) is 15.0 Å². The molecular weight excluding hydrogens is 585 g/mol. The molecule has 1 aliphatic heterocycles. The zero-order chi connectivity index (χ0) is 32.4. The summed E-state index contributed by atoms with van der Waals surface area (Å²) in [5.41, 5.74) is 4.89. The molecule has 6 rings (SSSR count). The SMILES string of the molecule is C=C(F)C(=O)Nc1ccc2c(-c3ccccc3CNc3nc(NCC4CCN(C)CC4O)nc4c(C(C)C)cnn34)nccc2c1. The molecule has 12 heteroatoms. The predicted molar refractivity (Wildman–Crippen MR) is 178 cm³/mol. The van der Waals surface area contributed by atoms with Crippen molar-refractivity contribution in [1.82, 2.24) is 29.5 Å². The van der Waals surface area contributed by atoms with Crippen molar-refractivity contribution >= 4 is 39.9 Å². The first-order valence-electron chi connectivity index (χ1n) is 15.4. The number of nitrogens with zero attached hydrogens (tertiary/aromatic N) is 6. The van der Waals surface area contributed by atoms with Crippen LogP contribution in [0.3, 0.4) is 0 Å². The van der Waals surface area contributed by atoms with Crippen LogP contribution < -0.4 is 16.0 Å². The van der Waals surface area contributed by atoms with Crippen molar-refractivity contribution in [3.8, 4) is 11.3 Å². The largest absolute Gasteiger partial charge is 0.391 e. The number of likely N-dealkylation sites (tertiary alicyclic amines) is 1. The summed E-state index contributed by atoms with van der Waals surface area (Å²) in [6, 6.07) is 15.2. The number of aliphatic hydroxyl groups excluding tert-OH is 1. The third kappa shape index (κ3) is 6.53. The topological polar surface area (TPSA) is 133 Å². The van der Waals surface area contributed by atoms with E-state index >= 15 is 0 Å². The molecule has 2 unspecified atom stereocenters. The molecule has 1 fully saturated rings. The number of aromatic nitrogens is 5. The van der Waals surface area contributed by atoms with Gasteiger partial charge >= 0.3 is 0 Å². The van der Waals surface area contributed by atoms with Crippen LogP contribution in [0.25, 0.3) is 27.7 Å². The highest BCUT2D eigenvalue weighted by molar-refractivity contribution is 6.04. The Balaban J connectivity index is 1.28. The van der Waals surface area contributed by atoms with E-state index in [0.717, 1.165) is 51.8 Å². The molecule has 11 nitrogen and oxygen atoms in total. The predicted octanol–water partition coefficient (Wildman–Crippen LogP) is 5.22. The second-order valence-electron chi connectivity index (χ2n) is 12.1. The van der Waals surface area contributed by atoms with Gasteiger partial charge in [0.1, 0.15) is 0 Å². The number of aliphatic hydroxyl groups is 1. The number of hydrogen-bond donors (Lipinski definition) is 4. The smallest absolute Gasteiger partial charge is 0.283 e. The number of pyridine rings is 1. The molecule has 46 heavy (non-hydrogen) atoms. The van der Waals surface area contributed by atoms with Crippen LogP contribution in [0, 0.1) is 5.92 Å². The number of likely N-dealkylation sites (N-methyl/N-ethyl adjacent to an activating group) is 1. The lowest BCUT2D eigenvalue weighted by Crippen LogP contribution is -2.44. The van der Waals surface area contributed by atoms with Gasteiger partial charge in [-0.2, -0.15) is 19.6 Å². The van der Waals surface area contributed by atoms with Crippen molar-refractivity contribution in [1.29, 1.82) is 0 Å². The van der Waals surface area contributed by atoms with Crippen LogP contribution in [-0.4, -0.2) is 73.3 Å². The van der Waals surface area contributed by atoms with Crippen molar-refractivity contribution < 1.29 is 14.3 Å². The van der Waals surface area contributed by atoms with E-state index in [9.17, 15) is 14.3 Å². The molecule has 4 heterocycles. The Kier molecular flexibility index (Phi) is 8.91. The van der Waals surface area contributed by atoms with Crippen molar-refractivity contribution in [2.24, 2.45) is 5.92 Å². The minimum Gasteiger partial charge on any atom is -0.391 e. The van der Waals surface area contributed by atoms with Gasteiger partial charge in [0.25, 0.3) is 5.91 Å². The molecule has 0 bridgehead atoms. The Labute approximate surface area is 266 Å². The maximum Gasteiger partial charge on any atom is 0.283 e. The Hall–Kier alpha value is -4.94. The number of fused-ring (bicyclic) bond motifs is 2. The number of rotatable bonds is 10. The minimum absolute atomic E-state index is 0.109. The van der Waals surface area contributed by atoms with E-state index in [1.54, 1.807) is 22.8 Å². The molecule has 2 atom stereocenters. The first-order valence-corrected chi connectivity index (χ1v) is 15.4. The second-order valence-corrected chi connectivity index (χ2v) is 12.1. The number of nitrogens with one attached hydrogen (secondary N) is 3. The molecule has 5 aromatic rings. The van der Waals surface area contributed by atoms with Gasteiger partial charge in [0.05, 0.1) is 18.0 Å². The molecular formula is C34H38FN9O2. The summed E-state index contributed by atoms with van der Waals surface area (Å²) in [7, 11) is 2.02. The molecule has 1 saturated heterocycles. The number of hydrogen-bond acceptors (Lipinski definition) is 9. The monoisotopic (exact) mass is 623 g/mol. The Morgan fingerprint density at radius 2 is 1.98 bits per heavy atom. The molecule has 2 aromatic carbocycles. The molecule has 1 aliphatic rings. The van der Waals surface area contributed by atoms with E-state index in [-0.39, 0.29) is 11.8 Å². The molecule has 1 amide bonds. The van der Waals surface area contributed by atoms with Gasteiger partial charge in [0, 0.05) is 53.9 Å². The first kappa shape index (κ1) is 31.1. The molecule has 238 valence electrons. The van der Waals surface area contributed by atoms with E-state index in [0.29, 0.717) is 37.2 Å². The maximum atomic E-state index is 13.3. The number of β-amino-alcohol motifs (C(OH)–C–C–N with tert-alkyl or cyclic N) is 1. The number of piperidine rings is 1. The minimum atomic E-state index is -1.05. The number of halogens is 1. The number of benzene rings is 2.